The first-order valence-corrected chi connectivity index (χ1v) is 5.16. The van der Waals surface area contributed by atoms with Gasteiger partial charge in [0.1, 0.15) is 5.56 Å². The van der Waals surface area contributed by atoms with E-state index in [1.807, 2.05) is 0 Å². The molecule has 0 amide bonds. The summed E-state index contributed by atoms with van der Waals surface area (Å²) in [6, 6.07) is 0. The largest absolute Gasteiger partial charge is 0.478 e. The zero-order valence-corrected chi connectivity index (χ0v) is 11.2. The number of nitrogens with one attached hydrogen (secondary N) is 1. The number of hydrogen-bond acceptors (Lipinski definition) is 3. The molecule has 0 bridgehead atoms. The Bertz CT molecular complexity index is 376. The second-order valence-corrected chi connectivity index (χ2v) is 3.95. The Morgan fingerprint density at radius 3 is 2.82 bits per heavy atom. The van der Waals surface area contributed by atoms with E-state index in [-0.39, 0.29) is 30.7 Å². The van der Waals surface area contributed by atoms with Gasteiger partial charge in [0, 0.05) is 25.7 Å². The van der Waals surface area contributed by atoms with Gasteiger partial charge in [-0.1, -0.05) is 0 Å². The number of rotatable bonds is 2. The van der Waals surface area contributed by atoms with Gasteiger partial charge < -0.3 is 10.4 Å². The number of carboxylic acids is 1. The van der Waals surface area contributed by atoms with Crippen LogP contribution in [0.4, 0.5) is 0 Å². The number of aryl methyl sites for hydroxylation is 1. The van der Waals surface area contributed by atoms with Crippen molar-refractivity contribution >= 4 is 30.8 Å². The monoisotopic (exact) mass is 281 g/mol. The lowest BCUT2D eigenvalue weighted by atomic mass is 9.94. The lowest BCUT2D eigenvalue weighted by Gasteiger charge is -2.21. The third-order valence-electron chi connectivity index (χ3n) is 2.77. The van der Waals surface area contributed by atoms with Crippen LogP contribution in [0.25, 0.3) is 0 Å². The molecule has 1 fully saturated rings. The Balaban J connectivity index is 0.00000128. The van der Waals surface area contributed by atoms with E-state index in [1.165, 1.54) is 0 Å². The predicted molar refractivity (Wildman–Crippen MR) is 69.5 cm³/mol. The molecule has 1 saturated heterocycles. The standard InChI is InChI=1S/C10H15N3O2.2ClH/c1-13-6-8(10(14)15)9(12-13)7-3-2-4-11-5-7;;/h6-7,11H,2-5H2,1H3,(H,14,15);2*1H. The van der Waals surface area contributed by atoms with Gasteiger partial charge in [-0.15, -0.1) is 24.8 Å². The van der Waals surface area contributed by atoms with Crippen molar-refractivity contribution in [1.29, 1.82) is 0 Å². The second-order valence-electron chi connectivity index (χ2n) is 3.95. The molecular weight excluding hydrogens is 265 g/mol. The zero-order valence-electron chi connectivity index (χ0n) is 9.55. The molecule has 1 aromatic rings. The van der Waals surface area contributed by atoms with Crippen LogP contribution in [-0.2, 0) is 7.05 Å². The minimum Gasteiger partial charge on any atom is -0.478 e. The van der Waals surface area contributed by atoms with Crippen LogP contribution in [0.3, 0.4) is 0 Å². The third-order valence-corrected chi connectivity index (χ3v) is 2.77. The lowest BCUT2D eigenvalue weighted by Crippen LogP contribution is -2.29. The first kappa shape index (κ1) is 16.2. The lowest BCUT2D eigenvalue weighted by molar-refractivity contribution is 0.0695. The van der Waals surface area contributed by atoms with E-state index in [4.69, 9.17) is 5.11 Å². The summed E-state index contributed by atoms with van der Waals surface area (Å²) in [5.41, 5.74) is 1.06. The highest BCUT2D eigenvalue weighted by atomic mass is 35.5. The number of aromatic nitrogens is 2. The highest BCUT2D eigenvalue weighted by molar-refractivity contribution is 5.88. The summed E-state index contributed by atoms with van der Waals surface area (Å²) >= 11 is 0. The fourth-order valence-corrected chi connectivity index (χ4v) is 2.06. The van der Waals surface area contributed by atoms with Gasteiger partial charge in [-0.3, -0.25) is 4.68 Å². The number of halogens is 2. The quantitative estimate of drug-likeness (QED) is 0.861. The fraction of sp³-hybridized carbons (Fsp3) is 0.600. The number of nitrogens with zero attached hydrogens (tertiary/aromatic N) is 2. The molecular formula is C10H17Cl2N3O2. The normalized spacial score (nSPS) is 19.0. The van der Waals surface area contributed by atoms with Crippen LogP contribution >= 0.6 is 24.8 Å². The first-order valence-electron chi connectivity index (χ1n) is 5.16. The molecule has 2 heterocycles. The molecule has 1 aromatic heterocycles. The van der Waals surface area contributed by atoms with Crippen LogP contribution in [-0.4, -0.2) is 33.9 Å². The van der Waals surface area contributed by atoms with Gasteiger partial charge in [0.15, 0.2) is 0 Å². The first-order chi connectivity index (χ1) is 7.18. The Kier molecular flexibility index (Phi) is 6.52. The van der Waals surface area contributed by atoms with Crippen LogP contribution in [0.1, 0.15) is 34.8 Å². The maximum atomic E-state index is 11.0. The topological polar surface area (TPSA) is 67.2 Å². The van der Waals surface area contributed by atoms with Crippen molar-refractivity contribution in [3.05, 3.63) is 17.5 Å². The van der Waals surface area contributed by atoms with Gasteiger partial charge in [-0.05, 0) is 19.4 Å². The summed E-state index contributed by atoms with van der Waals surface area (Å²) in [5.74, 6) is -0.644. The second kappa shape index (κ2) is 6.83. The Morgan fingerprint density at radius 2 is 2.29 bits per heavy atom. The van der Waals surface area contributed by atoms with E-state index in [9.17, 15) is 4.79 Å². The molecule has 0 saturated carbocycles. The summed E-state index contributed by atoms with van der Waals surface area (Å²) in [5, 5.41) is 16.6. The predicted octanol–water partition coefficient (Wildman–Crippen LogP) is 1.43. The highest BCUT2D eigenvalue weighted by Crippen LogP contribution is 2.24. The Hall–Kier alpha value is -0.780. The van der Waals surface area contributed by atoms with Crippen molar-refractivity contribution in [2.24, 2.45) is 7.05 Å². The van der Waals surface area contributed by atoms with Crippen LogP contribution in [0.5, 0.6) is 0 Å². The average molecular weight is 282 g/mol. The molecule has 2 N–H and O–H groups in total. The molecule has 7 heteroatoms. The molecule has 1 unspecified atom stereocenters. The highest BCUT2D eigenvalue weighted by Gasteiger charge is 2.24. The zero-order chi connectivity index (χ0) is 10.8. The minimum atomic E-state index is -0.885. The number of piperidine rings is 1. The van der Waals surface area contributed by atoms with E-state index in [2.05, 4.69) is 10.4 Å². The van der Waals surface area contributed by atoms with Crippen LogP contribution < -0.4 is 5.32 Å². The SMILES string of the molecule is Cl.Cl.Cn1cc(C(=O)O)c(C2CCCNC2)n1. The summed E-state index contributed by atoms with van der Waals surface area (Å²) in [6.07, 6.45) is 3.68. The van der Waals surface area contributed by atoms with E-state index < -0.39 is 5.97 Å². The molecule has 98 valence electrons. The van der Waals surface area contributed by atoms with Gasteiger partial charge in [0.2, 0.25) is 0 Å². The number of carboxylic acid groups (broad SMARTS) is 1. The van der Waals surface area contributed by atoms with Gasteiger partial charge in [-0.25, -0.2) is 4.79 Å². The maximum Gasteiger partial charge on any atom is 0.339 e. The van der Waals surface area contributed by atoms with Crippen LogP contribution in [0.2, 0.25) is 0 Å². The van der Waals surface area contributed by atoms with Crippen molar-refractivity contribution in [1.82, 2.24) is 15.1 Å². The van der Waals surface area contributed by atoms with Crippen molar-refractivity contribution in [2.75, 3.05) is 13.1 Å². The number of aromatic carboxylic acids is 1. The van der Waals surface area contributed by atoms with Crippen molar-refractivity contribution in [3.63, 3.8) is 0 Å². The number of hydrogen-bond donors (Lipinski definition) is 2. The third kappa shape index (κ3) is 3.59. The van der Waals surface area contributed by atoms with E-state index in [0.717, 1.165) is 31.6 Å². The number of carbonyl (C=O) groups is 1. The van der Waals surface area contributed by atoms with Gasteiger partial charge in [0.25, 0.3) is 0 Å². The van der Waals surface area contributed by atoms with E-state index >= 15 is 0 Å². The van der Waals surface area contributed by atoms with E-state index in [1.54, 1.807) is 17.9 Å². The van der Waals surface area contributed by atoms with Crippen molar-refractivity contribution < 1.29 is 9.90 Å². The van der Waals surface area contributed by atoms with Gasteiger partial charge in [-0.2, -0.15) is 5.10 Å². The van der Waals surface area contributed by atoms with E-state index in [0.29, 0.717) is 5.56 Å². The van der Waals surface area contributed by atoms with Crippen molar-refractivity contribution in [2.45, 2.75) is 18.8 Å². The van der Waals surface area contributed by atoms with Crippen molar-refractivity contribution in [3.8, 4) is 0 Å². The molecule has 0 spiro atoms. The molecule has 2 rings (SSSR count). The summed E-state index contributed by atoms with van der Waals surface area (Å²) in [4.78, 5) is 11.0. The van der Waals surface area contributed by atoms with Crippen LogP contribution in [0.15, 0.2) is 6.20 Å². The Labute approximate surface area is 112 Å². The maximum absolute atomic E-state index is 11.0. The molecule has 1 aliphatic rings. The molecule has 1 aliphatic heterocycles. The summed E-state index contributed by atoms with van der Waals surface area (Å²) in [6.45, 7) is 1.85. The average Bonchev–Trinajstić information content (AvgIpc) is 2.62. The molecule has 5 nitrogen and oxygen atoms in total. The molecule has 0 radical (unpaired) electrons. The smallest absolute Gasteiger partial charge is 0.339 e. The molecule has 17 heavy (non-hydrogen) atoms. The van der Waals surface area contributed by atoms with Gasteiger partial charge in [0.05, 0.1) is 5.69 Å². The summed E-state index contributed by atoms with van der Waals surface area (Å²) < 4.78 is 1.58. The molecule has 1 atom stereocenters. The molecule has 0 aliphatic carbocycles. The summed E-state index contributed by atoms with van der Waals surface area (Å²) in [7, 11) is 1.76. The fourth-order valence-electron chi connectivity index (χ4n) is 2.06. The minimum absolute atomic E-state index is 0. The van der Waals surface area contributed by atoms with Gasteiger partial charge >= 0.3 is 5.97 Å². The Morgan fingerprint density at radius 1 is 1.59 bits per heavy atom. The van der Waals surface area contributed by atoms with Crippen LogP contribution in [0, 0.1) is 0 Å². The molecule has 0 aromatic carbocycles.